The van der Waals surface area contributed by atoms with Crippen LogP contribution in [0.4, 0.5) is 11.5 Å². The highest BCUT2D eigenvalue weighted by atomic mass is 16.5. The molecule has 3 N–H and O–H groups in total. The van der Waals surface area contributed by atoms with Crippen molar-refractivity contribution >= 4 is 17.4 Å². The van der Waals surface area contributed by atoms with Gasteiger partial charge in [-0.2, -0.15) is 5.26 Å². The lowest BCUT2D eigenvalue weighted by atomic mass is 10.2. The molecular weight excluding hydrogens is 398 g/mol. The summed E-state index contributed by atoms with van der Waals surface area (Å²) in [4.78, 5) is 41.4. The first-order chi connectivity index (χ1) is 14.9. The zero-order valence-corrected chi connectivity index (χ0v) is 18.0. The molecule has 0 aliphatic rings. The van der Waals surface area contributed by atoms with Gasteiger partial charge in [0.2, 0.25) is 0 Å². The Hall–Kier alpha value is -3.54. The van der Waals surface area contributed by atoms with Crippen molar-refractivity contribution in [2.24, 2.45) is 0 Å². The molecule has 0 saturated heterocycles. The maximum absolute atomic E-state index is 13.0. The monoisotopic (exact) mass is 427 g/mol. The van der Waals surface area contributed by atoms with Crippen LogP contribution < -0.4 is 26.6 Å². The third-order valence-electron chi connectivity index (χ3n) is 4.85. The third-order valence-corrected chi connectivity index (χ3v) is 4.85. The van der Waals surface area contributed by atoms with Crippen molar-refractivity contribution in [1.29, 1.82) is 5.26 Å². The second-order valence-corrected chi connectivity index (χ2v) is 7.18. The quantitative estimate of drug-likeness (QED) is 0.529. The molecule has 31 heavy (non-hydrogen) atoms. The van der Waals surface area contributed by atoms with Gasteiger partial charge in [-0.25, -0.2) is 4.79 Å². The molecular formula is C22H29N5O4. The van der Waals surface area contributed by atoms with E-state index in [2.05, 4.69) is 4.98 Å². The molecule has 0 aliphatic carbocycles. The van der Waals surface area contributed by atoms with Crippen molar-refractivity contribution in [2.75, 3.05) is 23.8 Å². The van der Waals surface area contributed by atoms with Gasteiger partial charge in [0.1, 0.15) is 11.6 Å². The minimum absolute atomic E-state index is 0.0228. The zero-order valence-electron chi connectivity index (χ0n) is 18.0. The summed E-state index contributed by atoms with van der Waals surface area (Å²) in [5.74, 6) is -0.0422. The van der Waals surface area contributed by atoms with Gasteiger partial charge >= 0.3 is 5.69 Å². The van der Waals surface area contributed by atoms with Crippen LogP contribution in [-0.4, -0.2) is 28.6 Å². The number of nitrogens with one attached hydrogen (secondary N) is 1. The topological polar surface area (TPSA) is 134 Å². The van der Waals surface area contributed by atoms with E-state index in [9.17, 15) is 14.4 Å². The number of hydrogen-bond donors (Lipinski definition) is 2. The molecule has 0 fully saturated rings. The van der Waals surface area contributed by atoms with Crippen LogP contribution >= 0.6 is 0 Å². The molecule has 166 valence electrons. The second kappa shape index (κ2) is 11.6. The van der Waals surface area contributed by atoms with Crippen LogP contribution in [0.25, 0.3) is 0 Å². The Kier molecular flexibility index (Phi) is 8.88. The SMILES string of the molecule is CCCCCN(C(=O)COc1ccc(C#N)cc1)c1c(N)n(CCCC)c(=O)[nH]c1=O. The van der Waals surface area contributed by atoms with Crippen molar-refractivity contribution in [1.82, 2.24) is 9.55 Å². The lowest BCUT2D eigenvalue weighted by Crippen LogP contribution is -2.43. The Labute approximate surface area is 181 Å². The van der Waals surface area contributed by atoms with Gasteiger partial charge in [-0.1, -0.05) is 33.1 Å². The van der Waals surface area contributed by atoms with E-state index in [0.717, 1.165) is 19.3 Å². The molecule has 1 aromatic carbocycles. The third kappa shape index (κ3) is 6.22. The fourth-order valence-corrected chi connectivity index (χ4v) is 3.11. The number of H-pyrrole nitrogens is 1. The number of nitrogens with zero attached hydrogens (tertiary/aromatic N) is 3. The molecule has 9 nitrogen and oxygen atoms in total. The number of benzene rings is 1. The van der Waals surface area contributed by atoms with E-state index in [1.165, 1.54) is 9.47 Å². The number of amides is 1. The fraction of sp³-hybridized carbons (Fsp3) is 0.455. The average molecular weight is 428 g/mol. The fourth-order valence-electron chi connectivity index (χ4n) is 3.11. The number of rotatable bonds is 11. The van der Waals surface area contributed by atoms with Gasteiger partial charge in [-0.15, -0.1) is 0 Å². The predicted octanol–water partition coefficient (Wildman–Crippen LogP) is 2.39. The van der Waals surface area contributed by atoms with Gasteiger partial charge < -0.3 is 15.4 Å². The molecule has 2 rings (SSSR count). The van der Waals surface area contributed by atoms with Crippen molar-refractivity contribution in [3.05, 3.63) is 50.7 Å². The summed E-state index contributed by atoms with van der Waals surface area (Å²) in [6.45, 7) is 4.33. The molecule has 0 atom stereocenters. The summed E-state index contributed by atoms with van der Waals surface area (Å²) < 4.78 is 6.85. The van der Waals surface area contributed by atoms with Crippen molar-refractivity contribution in [2.45, 2.75) is 52.5 Å². The Morgan fingerprint density at radius 3 is 2.45 bits per heavy atom. The van der Waals surface area contributed by atoms with Crippen LogP contribution in [0, 0.1) is 11.3 Å². The molecule has 0 bridgehead atoms. The molecule has 1 aromatic heterocycles. The molecule has 1 heterocycles. The van der Waals surface area contributed by atoms with Gasteiger partial charge in [0.15, 0.2) is 12.3 Å². The van der Waals surface area contributed by atoms with Gasteiger partial charge in [-0.3, -0.25) is 19.1 Å². The number of carbonyl (C=O) groups excluding carboxylic acids is 1. The number of nitrogens with two attached hydrogens (primary N) is 1. The molecule has 0 unspecified atom stereocenters. The summed E-state index contributed by atoms with van der Waals surface area (Å²) in [6, 6.07) is 8.38. The maximum Gasteiger partial charge on any atom is 0.330 e. The number of nitrogen functional groups attached to an aromatic ring is 1. The van der Waals surface area contributed by atoms with Crippen molar-refractivity contribution < 1.29 is 9.53 Å². The smallest absolute Gasteiger partial charge is 0.330 e. The Bertz CT molecular complexity index is 1030. The normalized spacial score (nSPS) is 10.5. The van der Waals surface area contributed by atoms with E-state index in [0.29, 0.717) is 30.7 Å². The van der Waals surface area contributed by atoms with Crippen LogP contribution in [-0.2, 0) is 11.3 Å². The van der Waals surface area contributed by atoms with Gasteiger partial charge in [0.05, 0.1) is 11.6 Å². The highest BCUT2D eigenvalue weighted by molar-refractivity contribution is 5.96. The summed E-state index contributed by atoms with van der Waals surface area (Å²) in [5.41, 5.74) is 5.35. The van der Waals surface area contributed by atoms with E-state index in [-0.39, 0.29) is 24.7 Å². The van der Waals surface area contributed by atoms with E-state index >= 15 is 0 Å². The number of carbonyl (C=O) groups is 1. The predicted molar refractivity (Wildman–Crippen MR) is 119 cm³/mol. The molecule has 2 aromatic rings. The number of hydrogen-bond acceptors (Lipinski definition) is 6. The summed E-state index contributed by atoms with van der Waals surface area (Å²) in [6.07, 6.45) is 4.03. The van der Waals surface area contributed by atoms with Gasteiger partial charge in [0, 0.05) is 13.1 Å². The van der Waals surface area contributed by atoms with Gasteiger partial charge in [-0.05, 0) is 37.1 Å². The Morgan fingerprint density at radius 1 is 1.16 bits per heavy atom. The summed E-state index contributed by atoms with van der Waals surface area (Å²) >= 11 is 0. The first kappa shape index (κ1) is 23.7. The number of nitriles is 1. The minimum Gasteiger partial charge on any atom is -0.484 e. The number of aromatic amines is 1. The molecule has 9 heteroatoms. The standard InChI is InChI=1S/C22H29N5O4/c1-3-5-7-13-26(18(28)15-31-17-10-8-16(14-23)9-11-17)19-20(24)27(12-6-4-2)22(30)25-21(19)29/h8-11H,3-7,12-13,15,24H2,1-2H3,(H,25,29,30). The molecule has 0 saturated carbocycles. The first-order valence-corrected chi connectivity index (χ1v) is 10.5. The lowest BCUT2D eigenvalue weighted by molar-refractivity contribution is -0.120. The van der Waals surface area contributed by atoms with Crippen molar-refractivity contribution in [3.8, 4) is 11.8 Å². The molecule has 0 spiro atoms. The summed E-state index contributed by atoms with van der Waals surface area (Å²) in [7, 11) is 0. The highest BCUT2D eigenvalue weighted by Gasteiger charge is 2.24. The second-order valence-electron chi connectivity index (χ2n) is 7.18. The molecule has 1 amide bonds. The van der Waals surface area contributed by atoms with Crippen LogP contribution in [0.2, 0.25) is 0 Å². The Balaban J connectivity index is 2.32. The molecule has 0 radical (unpaired) electrons. The van der Waals surface area contributed by atoms with Crippen molar-refractivity contribution in [3.63, 3.8) is 0 Å². The summed E-state index contributed by atoms with van der Waals surface area (Å²) in [5, 5.41) is 8.88. The van der Waals surface area contributed by atoms with E-state index < -0.39 is 17.2 Å². The largest absolute Gasteiger partial charge is 0.484 e. The van der Waals surface area contributed by atoms with Gasteiger partial charge in [0.25, 0.3) is 11.5 Å². The number of unbranched alkanes of at least 4 members (excludes halogenated alkanes) is 3. The van der Waals surface area contributed by atoms with E-state index in [4.69, 9.17) is 15.7 Å². The number of ether oxygens (including phenoxy) is 1. The minimum atomic E-state index is -0.696. The number of anilines is 2. The van der Waals surface area contributed by atoms with Crippen LogP contribution in [0.1, 0.15) is 51.5 Å². The average Bonchev–Trinajstić information content (AvgIpc) is 2.76. The van der Waals surface area contributed by atoms with Crippen LogP contribution in [0.5, 0.6) is 5.75 Å². The maximum atomic E-state index is 13.0. The van der Waals surface area contributed by atoms with E-state index in [1.54, 1.807) is 24.3 Å². The lowest BCUT2D eigenvalue weighted by Gasteiger charge is -2.24. The zero-order chi connectivity index (χ0) is 22.8. The van der Waals surface area contributed by atoms with Crippen LogP contribution in [0.3, 0.4) is 0 Å². The number of aromatic nitrogens is 2. The Morgan fingerprint density at radius 2 is 1.84 bits per heavy atom. The first-order valence-electron chi connectivity index (χ1n) is 10.5. The van der Waals surface area contributed by atoms with E-state index in [1.807, 2.05) is 19.9 Å². The highest BCUT2D eigenvalue weighted by Crippen LogP contribution is 2.19. The molecule has 0 aliphatic heterocycles. The van der Waals surface area contributed by atoms with Crippen LogP contribution in [0.15, 0.2) is 33.9 Å².